The van der Waals surface area contributed by atoms with Gasteiger partial charge in [0.1, 0.15) is 5.69 Å². The summed E-state index contributed by atoms with van der Waals surface area (Å²) in [7, 11) is 0. The molecule has 2 heterocycles. The first-order valence-corrected chi connectivity index (χ1v) is 5.80. The highest BCUT2D eigenvalue weighted by Gasteiger charge is 2.09. The van der Waals surface area contributed by atoms with Crippen LogP contribution >= 0.6 is 0 Å². The number of nitrogens with one attached hydrogen (secondary N) is 2. The molecule has 0 atom stereocenters. The van der Waals surface area contributed by atoms with Crippen molar-refractivity contribution in [3.8, 4) is 11.5 Å². The second-order valence-electron chi connectivity index (χ2n) is 3.70. The summed E-state index contributed by atoms with van der Waals surface area (Å²) in [6, 6.07) is 7.22. The van der Waals surface area contributed by atoms with E-state index in [0.29, 0.717) is 18.8 Å². The number of carbonyl (C=O) groups is 1. The number of hydrogen-bond acceptors (Lipinski definition) is 3. The second-order valence-corrected chi connectivity index (χ2v) is 3.70. The predicted molar refractivity (Wildman–Crippen MR) is 67.9 cm³/mol. The Morgan fingerprint density at radius 3 is 2.94 bits per heavy atom. The molecule has 0 aliphatic heterocycles. The van der Waals surface area contributed by atoms with Gasteiger partial charge in [-0.05, 0) is 25.1 Å². The maximum atomic E-state index is 11.3. The summed E-state index contributed by atoms with van der Waals surface area (Å²) in [6.45, 7) is 2.89. The molecule has 5 heteroatoms. The third-order valence-electron chi connectivity index (χ3n) is 2.42. The number of carbonyl (C=O) groups excluding carboxylic acids is 1. The van der Waals surface area contributed by atoms with Crippen molar-refractivity contribution in [3.05, 3.63) is 42.3 Å². The SMILES string of the molecule is CCNC(=O)NCc1cccnc1-c1ccco1. The fourth-order valence-electron chi connectivity index (χ4n) is 1.61. The molecule has 0 bridgehead atoms. The van der Waals surface area contributed by atoms with Crippen LogP contribution in [0.4, 0.5) is 4.79 Å². The standard InChI is InChI=1S/C13H15N3O2/c1-2-14-13(17)16-9-10-5-3-7-15-12(10)11-6-4-8-18-11/h3-8H,2,9H2,1H3,(H2,14,16,17). The van der Waals surface area contributed by atoms with Gasteiger partial charge in [-0.3, -0.25) is 4.98 Å². The highest BCUT2D eigenvalue weighted by molar-refractivity contribution is 5.74. The number of urea groups is 1. The van der Waals surface area contributed by atoms with Crippen molar-refractivity contribution >= 4 is 6.03 Å². The lowest BCUT2D eigenvalue weighted by molar-refractivity contribution is 0.241. The van der Waals surface area contributed by atoms with Gasteiger partial charge in [-0.25, -0.2) is 4.79 Å². The molecule has 0 fully saturated rings. The Morgan fingerprint density at radius 2 is 2.22 bits per heavy atom. The summed E-state index contributed by atoms with van der Waals surface area (Å²) < 4.78 is 5.32. The first-order chi connectivity index (χ1) is 8.81. The van der Waals surface area contributed by atoms with E-state index in [2.05, 4.69) is 15.6 Å². The molecule has 18 heavy (non-hydrogen) atoms. The molecule has 5 nitrogen and oxygen atoms in total. The molecule has 2 aromatic heterocycles. The van der Waals surface area contributed by atoms with Gasteiger partial charge >= 0.3 is 6.03 Å². The Morgan fingerprint density at radius 1 is 1.33 bits per heavy atom. The minimum Gasteiger partial charge on any atom is -0.463 e. The van der Waals surface area contributed by atoms with E-state index in [4.69, 9.17) is 4.42 Å². The van der Waals surface area contributed by atoms with Crippen LogP contribution in [0.2, 0.25) is 0 Å². The van der Waals surface area contributed by atoms with E-state index in [1.165, 1.54) is 0 Å². The summed E-state index contributed by atoms with van der Waals surface area (Å²) >= 11 is 0. The highest BCUT2D eigenvalue weighted by atomic mass is 16.3. The van der Waals surface area contributed by atoms with Gasteiger partial charge in [0.2, 0.25) is 0 Å². The molecule has 0 saturated heterocycles. The van der Waals surface area contributed by atoms with Gasteiger partial charge in [-0.1, -0.05) is 6.07 Å². The molecule has 2 aromatic rings. The van der Waals surface area contributed by atoms with Crippen LogP contribution in [0.1, 0.15) is 12.5 Å². The highest BCUT2D eigenvalue weighted by Crippen LogP contribution is 2.21. The number of pyridine rings is 1. The summed E-state index contributed by atoms with van der Waals surface area (Å²) in [6.07, 6.45) is 3.30. The van der Waals surface area contributed by atoms with Crippen LogP contribution in [0.25, 0.3) is 11.5 Å². The summed E-state index contributed by atoms with van der Waals surface area (Å²) in [4.78, 5) is 15.6. The third-order valence-corrected chi connectivity index (χ3v) is 2.42. The van der Waals surface area contributed by atoms with Crippen molar-refractivity contribution in [2.75, 3.05) is 6.54 Å². The Labute approximate surface area is 105 Å². The van der Waals surface area contributed by atoms with Crippen molar-refractivity contribution in [3.63, 3.8) is 0 Å². The smallest absolute Gasteiger partial charge is 0.315 e. The molecule has 0 radical (unpaired) electrons. The molecule has 0 aliphatic rings. The van der Waals surface area contributed by atoms with E-state index in [-0.39, 0.29) is 6.03 Å². The zero-order valence-electron chi connectivity index (χ0n) is 10.1. The predicted octanol–water partition coefficient (Wildman–Crippen LogP) is 2.16. The Kier molecular flexibility index (Phi) is 3.96. The number of amides is 2. The third kappa shape index (κ3) is 2.88. The molecule has 2 rings (SSSR count). The summed E-state index contributed by atoms with van der Waals surface area (Å²) in [5, 5.41) is 5.45. The molecule has 2 amide bonds. The van der Waals surface area contributed by atoms with Gasteiger partial charge in [0, 0.05) is 24.8 Å². The molecular weight excluding hydrogens is 230 g/mol. The van der Waals surface area contributed by atoms with Gasteiger partial charge in [0.25, 0.3) is 0 Å². The normalized spacial score (nSPS) is 10.1. The average Bonchev–Trinajstić information content (AvgIpc) is 2.91. The van der Waals surface area contributed by atoms with Gasteiger partial charge in [0.15, 0.2) is 5.76 Å². The fourth-order valence-corrected chi connectivity index (χ4v) is 1.61. The van der Waals surface area contributed by atoms with Gasteiger partial charge in [-0.15, -0.1) is 0 Å². The number of aromatic nitrogens is 1. The summed E-state index contributed by atoms with van der Waals surface area (Å²) in [5.74, 6) is 0.697. The zero-order valence-corrected chi connectivity index (χ0v) is 10.1. The van der Waals surface area contributed by atoms with Crippen LogP contribution in [0.15, 0.2) is 41.1 Å². The van der Waals surface area contributed by atoms with E-state index < -0.39 is 0 Å². The monoisotopic (exact) mass is 245 g/mol. The minimum atomic E-state index is -0.188. The van der Waals surface area contributed by atoms with E-state index in [1.54, 1.807) is 12.5 Å². The lowest BCUT2D eigenvalue weighted by atomic mass is 10.1. The second kappa shape index (κ2) is 5.86. The van der Waals surface area contributed by atoms with E-state index >= 15 is 0 Å². The quantitative estimate of drug-likeness (QED) is 0.867. The Bertz CT molecular complexity index is 509. The molecule has 2 N–H and O–H groups in total. The molecule has 94 valence electrons. The van der Waals surface area contributed by atoms with Crippen molar-refractivity contribution in [2.45, 2.75) is 13.5 Å². The molecular formula is C13H15N3O2. The van der Waals surface area contributed by atoms with Crippen LogP contribution in [-0.2, 0) is 6.54 Å². The van der Waals surface area contributed by atoms with Gasteiger partial charge in [-0.2, -0.15) is 0 Å². The fraction of sp³-hybridized carbons (Fsp3) is 0.231. The van der Waals surface area contributed by atoms with E-state index in [9.17, 15) is 4.79 Å². The largest absolute Gasteiger partial charge is 0.463 e. The van der Waals surface area contributed by atoms with Crippen LogP contribution in [0.3, 0.4) is 0 Å². The van der Waals surface area contributed by atoms with Crippen LogP contribution in [0.5, 0.6) is 0 Å². The van der Waals surface area contributed by atoms with Crippen LogP contribution < -0.4 is 10.6 Å². The number of hydrogen-bond donors (Lipinski definition) is 2. The topological polar surface area (TPSA) is 67.2 Å². The van der Waals surface area contributed by atoms with Gasteiger partial charge < -0.3 is 15.1 Å². The number of furan rings is 1. The van der Waals surface area contributed by atoms with Crippen LogP contribution in [-0.4, -0.2) is 17.6 Å². The Balaban J connectivity index is 2.11. The van der Waals surface area contributed by atoms with E-state index in [1.807, 2.05) is 31.2 Å². The first-order valence-electron chi connectivity index (χ1n) is 5.80. The minimum absolute atomic E-state index is 0.188. The van der Waals surface area contributed by atoms with Crippen molar-refractivity contribution in [1.82, 2.24) is 15.6 Å². The number of rotatable bonds is 4. The van der Waals surface area contributed by atoms with Gasteiger partial charge in [0.05, 0.1) is 6.26 Å². The molecule has 0 spiro atoms. The first kappa shape index (κ1) is 12.2. The Hall–Kier alpha value is -2.30. The maximum Gasteiger partial charge on any atom is 0.315 e. The summed E-state index contributed by atoms with van der Waals surface area (Å²) in [5.41, 5.74) is 1.66. The lowest BCUT2D eigenvalue weighted by Gasteiger charge is -2.08. The molecule has 0 saturated carbocycles. The average molecular weight is 245 g/mol. The molecule has 0 aromatic carbocycles. The van der Waals surface area contributed by atoms with Crippen molar-refractivity contribution in [1.29, 1.82) is 0 Å². The lowest BCUT2D eigenvalue weighted by Crippen LogP contribution is -2.34. The van der Waals surface area contributed by atoms with Crippen LogP contribution in [0, 0.1) is 0 Å². The maximum absolute atomic E-state index is 11.3. The number of nitrogens with zero attached hydrogens (tertiary/aromatic N) is 1. The van der Waals surface area contributed by atoms with Crippen molar-refractivity contribution in [2.24, 2.45) is 0 Å². The van der Waals surface area contributed by atoms with Crippen molar-refractivity contribution < 1.29 is 9.21 Å². The van der Waals surface area contributed by atoms with E-state index in [0.717, 1.165) is 11.3 Å². The molecule has 0 aliphatic carbocycles. The zero-order chi connectivity index (χ0) is 12.8. The molecule has 0 unspecified atom stereocenters.